The fourth-order valence-electron chi connectivity index (χ4n) is 1.68. The monoisotopic (exact) mass is 382 g/mol. The molecule has 19 heavy (non-hydrogen) atoms. The first-order valence-corrected chi connectivity index (χ1v) is 6.87. The van der Waals surface area contributed by atoms with Gasteiger partial charge in [-0.3, -0.25) is 9.79 Å². The zero-order valence-electron chi connectivity index (χ0n) is 12.3. The van der Waals surface area contributed by atoms with Gasteiger partial charge in [-0.2, -0.15) is 0 Å². The lowest BCUT2D eigenvalue weighted by atomic mass is 10.3. The lowest BCUT2D eigenvalue weighted by molar-refractivity contribution is -0.121. The van der Waals surface area contributed by atoms with Crippen LogP contribution in [0.15, 0.2) is 4.99 Å². The van der Waals surface area contributed by atoms with E-state index in [0.717, 1.165) is 18.4 Å². The van der Waals surface area contributed by atoms with Gasteiger partial charge in [0.05, 0.1) is 6.54 Å². The Morgan fingerprint density at radius 2 is 2.05 bits per heavy atom. The standard InChI is InChI=1S/C13H26N4O.HI/c1-5-14-13(17-11-8-10(11)4)15-7-6-12(18)16-9(2)3;/h9-11H,5-8H2,1-4H3,(H,16,18)(H2,14,15,17);1H. The molecule has 1 rings (SSSR count). The predicted octanol–water partition coefficient (Wildman–Crippen LogP) is 1.48. The Balaban J connectivity index is 0.00000324. The Kier molecular flexibility index (Phi) is 9.12. The van der Waals surface area contributed by atoms with Crippen LogP contribution < -0.4 is 16.0 Å². The van der Waals surface area contributed by atoms with Crippen molar-refractivity contribution in [3.63, 3.8) is 0 Å². The number of aliphatic imine (C=N–C) groups is 1. The van der Waals surface area contributed by atoms with E-state index in [1.165, 1.54) is 6.42 Å². The quantitative estimate of drug-likeness (QED) is 0.371. The van der Waals surface area contributed by atoms with Crippen LogP contribution in [0.2, 0.25) is 0 Å². The lowest BCUT2D eigenvalue weighted by Crippen LogP contribution is -2.39. The van der Waals surface area contributed by atoms with Crippen molar-refractivity contribution in [2.24, 2.45) is 10.9 Å². The molecule has 0 aromatic heterocycles. The highest BCUT2D eigenvalue weighted by atomic mass is 127. The molecule has 1 fully saturated rings. The molecule has 2 unspecified atom stereocenters. The second-order valence-corrected chi connectivity index (χ2v) is 5.20. The van der Waals surface area contributed by atoms with Gasteiger partial charge in [0.25, 0.3) is 0 Å². The van der Waals surface area contributed by atoms with Crippen molar-refractivity contribution in [3.05, 3.63) is 0 Å². The summed E-state index contributed by atoms with van der Waals surface area (Å²) >= 11 is 0. The molecule has 0 aliphatic heterocycles. The average Bonchev–Trinajstić information content (AvgIpc) is 2.93. The number of hydrogen-bond donors (Lipinski definition) is 3. The highest BCUT2D eigenvalue weighted by Crippen LogP contribution is 2.28. The third-order valence-corrected chi connectivity index (χ3v) is 2.83. The largest absolute Gasteiger partial charge is 0.357 e. The number of halogens is 1. The summed E-state index contributed by atoms with van der Waals surface area (Å²) in [5.74, 6) is 1.62. The molecule has 1 aliphatic carbocycles. The molecule has 3 N–H and O–H groups in total. The van der Waals surface area contributed by atoms with Crippen molar-refractivity contribution in [1.82, 2.24) is 16.0 Å². The number of nitrogens with zero attached hydrogens (tertiary/aromatic N) is 1. The number of rotatable bonds is 6. The van der Waals surface area contributed by atoms with Crippen molar-refractivity contribution in [1.29, 1.82) is 0 Å². The zero-order valence-corrected chi connectivity index (χ0v) is 14.7. The Labute approximate surface area is 133 Å². The van der Waals surface area contributed by atoms with Gasteiger partial charge in [-0.25, -0.2) is 0 Å². The summed E-state index contributed by atoms with van der Waals surface area (Å²) in [6.07, 6.45) is 1.65. The molecule has 112 valence electrons. The highest BCUT2D eigenvalue weighted by molar-refractivity contribution is 14.0. The van der Waals surface area contributed by atoms with Gasteiger partial charge < -0.3 is 16.0 Å². The summed E-state index contributed by atoms with van der Waals surface area (Å²) in [5.41, 5.74) is 0. The lowest BCUT2D eigenvalue weighted by Gasteiger charge is -2.11. The van der Waals surface area contributed by atoms with E-state index in [1.54, 1.807) is 0 Å². The molecule has 6 heteroatoms. The van der Waals surface area contributed by atoms with Gasteiger partial charge in [0.15, 0.2) is 5.96 Å². The van der Waals surface area contributed by atoms with Crippen LogP contribution in [0, 0.1) is 5.92 Å². The van der Waals surface area contributed by atoms with Crippen LogP contribution in [-0.2, 0) is 4.79 Å². The maximum Gasteiger partial charge on any atom is 0.222 e. The van der Waals surface area contributed by atoms with E-state index in [-0.39, 0.29) is 35.9 Å². The van der Waals surface area contributed by atoms with Gasteiger partial charge in [-0.15, -0.1) is 24.0 Å². The Bertz CT molecular complexity index is 307. The van der Waals surface area contributed by atoms with E-state index in [0.29, 0.717) is 19.0 Å². The van der Waals surface area contributed by atoms with Crippen molar-refractivity contribution in [2.75, 3.05) is 13.1 Å². The van der Waals surface area contributed by atoms with Gasteiger partial charge in [0.2, 0.25) is 5.91 Å². The maximum absolute atomic E-state index is 11.5. The molecule has 0 bridgehead atoms. The molecule has 0 aromatic rings. The molecule has 0 spiro atoms. The number of nitrogens with one attached hydrogen (secondary N) is 3. The first-order valence-electron chi connectivity index (χ1n) is 6.87. The minimum atomic E-state index is 0. The second-order valence-electron chi connectivity index (χ2n) is 5.20. The Morgan fingerprint density at radius 1 is 1.42 bits per heavy atom. The first kappa shape index (κ1) is 18.5. The van der Waals surface area contributed by atoms with E-state index < -0.39 is 0 Å². The van der Waals surface area contributed by atoms with Gasteiger partial charge in [0, 0.05) is 25.0 Å². The predicted molar refractivity (Wildman–Crippen MR) is 90.0 cm³/mol. The second kappa shape index (κ2) is 9.39. The summed E-state index contributed by atoms with van der Waals surface area (Å²) in [4.78, 5) is 15.9. The van der Waals surface area contributed by atoms with Crippen LogP contribution >= 0.6 is 24.0 Å². The van der Waals surface area contributed by atoms with Crippen LogP contribution in [0.1, 0.15) is 40.5 Å². The van der Waals surface area contributed by atoms with Gasteiger partial charge in [0.1, 0.15) is 0 Å². The summed E-state index contributed by atoms with van der Waals surface area (Å²) in [7, 11) is 0. The molecule has 0 aromatic carbocycles. The van der Waals surface area contributed by atoms with E-state index in [1.807, 2.05) is 20.8 Å². The molecule has 1 amide bonds. The van der Waals surface area contributed by atoms with Crippen LogP contribution in [-0.4, -0.2) is 37.0 Å². The van der Waals surface area contributed by atoms with E-state index >= 15 is 0 Å². The summed E-state index contributed by atoms with van der Waals surface area (Å²) in [6, 6.07) is 0.743. The van der Waals surface area contributed by atoms with Crippen LogP contribution in [0.5, 0.6) is 0 Å². The average molecular weight is 382 g/mol. The van der Waals surface area contributed by atoms with Gasteiger partial charge in [-0.05, 0) is 33.1 Å². The third-order valence-electron chi connectivity index (χ3n) is 2.83. The Hall–Kier alpha value is -0.530. The molecule has 0 radical (unpaired) electrons. The highest BCUT2D eigenvalue weighted by Gasteiger charge is 2.33. The molecule has 1 aliphatic rings. The maximum atomic E-state index is 11.5. The molecule has 0 heterocycles. The van der Waals surface area contributed by atoms with Crippen LogP contribution in [0.3, 0.4) is 0 Å². The van der Waals surface area contributed by atoms with Crippen molar-refractivity contribution in [3.8, 4) is 0 Å². The number of guanidine groups is 1. The molecule has 1 saturated carbocycles. The Morgan fingerprint density at radius 3 is 2.53 bits per heavy atom. The summed E-state index contributed by atoms with van der Waals surface area (Å²) < 4.78 is 0. The topological polar surface area (TPSA) is 65.5 Å². The summed E-state index contributed by atoms with van der Waals surface area (Å²) in [5, 5.41) is 9.42. The number of carbonyl (C=O) groups excluding carboxylic acids is 1. The molecule has 2 atom stereocenters. The smallest absolute Gasteiger partial charge is 0.222 e. The normalized spacial score (nSPS) is 21.6. The van der Waals surface area contributed by atoms with Crippen LogP contribution in [0.4, 0.5) is 0 Å². The van der Waals surface area contributed by atoms with Crippen molar-refractivity contribution >= 4 is 35.8 Å². The van der Waals surface area contributed by atoms with Gasteiger partial charge in [-0.1, -0.05) is 6.92 Å². The molecule has 5 nitrogen and oxygen atoms in total. The first-order chi connectivity index (χ1) is 8.52. The van der Waals surface area contributed by atoms with E-state index in [2.05, 4.69) is 27.9 Å². The molecular weight excluding hydrogens is 355 g/mol. The van der Waals surface area contributed by atoms with Crippen molar-refractivity contribution in [2.45, 2.75) is 52.6 Å². The fourth-order valence-corrected chi connectivity index (χ4v) is 1.68. The SMILES string of the molecule is CCNC(=NCCC(=O)NC(C)C)NC1CC1C.I. The van der Waals surface area contributed by atoms with Gasteiger partial charge >= 0.3 is 0 Å². The van der Waals surface area contributed by atoms with E-state index in [4.69, 9.17) is 0 Å². The summed E-state index contributed by atoms with van der Waals surface area (Å²) in [6.45, 7) is 9.54. The van der Waals surface area contributed by atoms with E-state index in [9.17, 15) is 4.79 Å². The molecule has 0 saturated heterocycles. The minimum Gasteiger partial charge on any atom is -0.357 e. The molecular formula is C13H27IN4O. The van der Waals surface area contributed by atoms with Crippen molar-refractivity contribution < 1.29 is 4.79 Å². The number of amides is 1. The number of hydrogen-bond acceptors (Lipinski definition) is 2. The van der Waals surface area contributed by atoms with Crippen LogP contribution in [0.25, 0.3) is 0 Å². The number of carbonyl (C=O) groups is 1. The fraction of sp³-hybridized carbons (Fsp3) is 0.846. The minimum absolute atomic E-state index is 0. The third kappa shape index (κ3) is 8.28. The zero-order chi connectivity index (χ0) is 13.5.